The molecule has 2 N–H and O–H groups in total. The molecule has 0 spiro atoms. The second-order valence-electron chi connectivity index (χ2n) is 6.86. The van der Waals surface area contributed by atoms with Gasteiger partial charge in [-0.1, -0.05) is 19.9 Å². The van der Waals surface area contributed by atoms with Gasteiger partial charge in [-0.3, -0.25) is 4.90 Å². The van der Waals surface area contributed by atoms with E-state index in [-0.39, 0.29) is 5.54 Å². The fourth-order valence-electron chi connectivity index (χ4n) is 3.51. The lowest BCUT2D eigenvalue weighted by molar-refractivity contribution is -0.0106. The molecule has 4 heteroatoms. The van der Waals surface area contributed by atoms with Crippen LogP contribution < -0.4 is 5.73 Å². The molecular formula is C16H26N2S2. The first-order valence-electron chi connectivity index (χ1n) is 7.66. The fourth-order valence-corrected chi connectivity index (χ4v) is 6.02. The molecule has 1 saturated carbocycles. The molecule has 1 atom stereocenters. The summed E-state index contributed by atoms with van der Waals surface area (Å²) in [5.41, 5.74) is 6.84. The highest BCUT2D eigenvalue weighted by Crippen LogP contribution is 2.49. The number of nitrogens with zero attached hydrogens (tertiary/aromatic N) is 1. The van der Waals surface area contributed by atoms with Gasteiger partial charge in [0.2, 0.25) is 0 Å². The maximum atomic E-state index is 6.36. The minimum atomic E-state index is 0.168. The maximum absolute atomic E-state index is 6.36. The van der Waals surface area contributed by atoms with Crippen LogP contribution in [0, 0.1) is 5.41 Å². The Labute approximate surface area is 131 Å². The van der Waals surface area contributed by atoms with E-state index < -0.39 is 0 Å². The lowest BCUT2D eigenvalue weighted by atomic mass is 9.69. The van der Waals surface area contributed by atoms with E-state index in [9.17, 15) is 0 Å². The number of hydrogen-bond acceptors (Lipinski definition) is 4. The van der Waals surface area contributed by atoms with E-state index in [0.717, 1.165) is 19.1 Å². The predicted octanol–water partition coefficient (Wildman–Crippen LogP) is 3.57. The van der Waals surface area contributed by atoms with Crippen LogP contribution >= 0.6 is 23.1 Å². The second kappa shape index (κ2) is 5.64. The van der Waals surface area contributed by atoms with Crippen molar-refractivity contribution in [2.24, 2.45) is 11.1 Å². The quantitative estimate of drug-likeness (QED) is 0.901. The molecule has 1 unspecified atom stereocenters. The number of nitrogens with two attached hydrogens (primary N) is 1. The van der Waals surface area contributed by atoms with Gasteiger partial charge in [0.05, 0.1) is 0 Å². The zero-order chi connectivity index (χ0) is 14.2. The highest BCUT2D eigenvalue weighted by atomic mass is 32.2. The van der Waals surface area contributed by atoms with E-state index in [1.54, 1.807) is 0 Å². The predicted molar refractivity (Wildman–Crippen MR) is 90.4 cm³/mol. The molecule has 0 aromatic carbocycles. The number of hydrogen-bond donors (Lipinski definition) is 1. The first-order valence-corrected chi connectivity index (χ1v) is 9.69. The fraction of sp³-hybridized carbons (Fsp3) is 0.750. The Morgan fingerprint density at radius 1 is 1.40 bits per heavy atom. The van der Waals surface area contributed by atoms with Crippen LogP contribution in [0.1, 0.15) is 38.0 Å². The number of thiophene rings is 1. The van der Waals surface area contributed by atoms with Crippen LogP contribution in [0.25, 0.3) is 0 Å². The van der Waals surface area contributed by atoms with Crippen molar-refractivity contribution in [2.45, 2.75) is 51.2 Å². The molecule has 2 aliphatic rings. The van der Waals surface area contributed by atoms with Gasteiger partial charge in [0, 0.05) is 35.3 Å². The largest absolute Gasteiger partial charge is 0.329 e. The van der Waals surface area contributed by atoms with Crippen LogP contribution in [-0.4, -0.2) is 34.5 Å². The summed E-state index contributed by atoms with van der Waals surface area (Å²) in [6.07, 6.45) is 3.99. The average Bonchev–Trinajstić information content (AvgIpc) is 3.14. The maximum Gasteiger partial charge on any atom is 0.0479 e. The minimum Gasteiger partial charge on any atom is -0.329 e. The zero-order valence-corrected chi connectivity index (χ0v) is 14.2. The third-order valence-corrected chi connectivity index (χ3v) is 7.29. The summed E-state index contributed by atoms with van der Waals surface area (Å²) < 4.78 is 0. The van der Waals surface area contributed by atoms with Gasteiger partial charge in [0.25, 0.3) is 0 Å². The van der Waals surface area contributed by atoms with Crippen LogP contribution in [0.15, 0.2) is 17.5 Å². The Kier molecular flexibility index (Phi) is 4.20. The summed E-state index contributed by atoms with van der Waals surface area (Å²) >= 11 is 3.98. The topological polar surface area (TPSA) is 29.3 Å². The van der Waals surface area contributed by atoms with Crippen LogP contribution in [0.2, 0.25) is 0 Å². The van der Waals surface area contributed by atoms with Crippen molar-refractivity contribution in [3.8, 4) is 0 Å². The van der Waals surface area contributed by atoms with Crippen molar-refractivity contribution in [3.05, 3.63) is 22.4 Å². The molecule has 1 aliphatic heterocycles. The van der Waals surface area contributed by atoms with Gasteiger partial charge in [-0.25, -0.2) is 0 Å². The number of rotatable bonds is 5. The van der Waals surface area contributed by atoms with Gasteiger partial charge >= 0.3 is 0 Å². The molecule has 2 fully saturated rings. The Bertz CT molecular complexity index is 439. The third-order valence-electron chi connectivity index (χ3n) is 5.25. The monoisotopic (exact) mass is 310 g/mol. The molecule has 2 heterocycles. The minimum absolute atomic E-state index is 0.168. The molecule has 0 bridgehead atoms. The SMILES string of the molecule is CC1(C)CCSCC1(CN)N(Cc1cccs1)C1CC1. The van der Waals surface area contributed by atoms with Crippen molar-refractivity contribution < 1.29 is 0 Å². The summed E-state index contributed by atoms with van der Waals surface area (Å²) in [6, 6.07) is 5.20. The average molecular weight is 311 g/mol. The normalized spacial score (nSPS) is 29.8. The Hall–Kier alpha value is -0.0300. The zero-order valence-electron chi connectivity index (χ0n) is 12.6. The lowest BCUT2D eigenvalue weighted by Crippen LogP contribution is -2.66. The highest BCUT2D eigenvalue weighted by molar-refractivity contribution is 7.99. The molecule has 0 amide bonds. The Balaban J connectivity index is 1.90. The summed E-state index contributed by atoms with van der Waals surface area (Å²) in [4.78, 5) is 4.25. The van der Waals surface area contributed by atoms with Crippen LogP contribution in [0.3, 0.4) is 0 Å². The first-order chi connectivity index (χ1) is 9.59. The lowest BCUT2D eigenvalue weighted by Gasteiger charge is -2.56. The van der Waals surface area contributed by atoms with Gasteiger partial charge in [0.15, 0.2) is 0 Å². The number of thioether (sulfide) groups is 1. The van der Waals surface area contributed by atoms with Crippen LogP contribution in [0.5, 0.6) is 0 Å². The molecule has 112 valence electrons. The van der Waals surface area contributed by atoms with Crippen LogP contribution in [-0.2, 0) is 6.54 Å². The van der Waals surface area contributed by atoms with Crippen molar-refractivity contribution in [1.82, 2.24) is 4.90 Å². The third kappa shape index (κ3) is 2.56. The summed E-state index contributed by atoms with van der Waals surface area (Å²) in [6.45, 7) is 6.74. The molecule has 1 saturated heterocycles. The van der Waals surface area contributed by atoms with Crippen LogP contribution in [0.4, 0.5) is 0 Å². The van der Waals surface area contributed by atoms with Gasteiger partial charge in [-0.05, 0) is 41.9 Å². The summed E-state index contributed by atoms with van der Waals surface area (Å²) in [5.74, 6) is 2.48. The standard InChI is InChI=1S/C16H26N2S2/c1-15(2)7-9-19-12-16(15,11-17)18(13-5-6-13)10-14-4-3-8-20-14/h3-4,8,13H,5-7,9-12,17H2,1-2H3. The molecule has 2 nitrogen and oxygen atoms in total. The molecule has 1 aromatic rings. The van der Waals surface area contributed by atoms with Gasteiger partial charge < -0.3 is 5.73 Å². The molecule has 20 heavy (non-hydrogen) atoms. The van der Waals surface area contributed by atoms with E-state index in [2.05, 4.69) is 48.0 Å². The molecule has 3 rings (SSSR count). The van der Waals surface area contributed by atoms with Gasteiger partial charge in [0.1, 0.15) is 0 Å². The Morgan fingerprint density at radius 3 is 2.75 bits per heavy atom. The second-order valence-corrected chi connectivity index (χ2v) is 9.00. The van der Waals surface area contributed by atoms with Crippen molar-refractivity contribution in [1.29, 1.82) is 0 Å². The smallest absolute Gasteiger partial charge is 0.0479 e. The summed E-state index contributed by atoms with van der Waals surface area (Å²) in [5, 5.41) is 2.19. The van der Waals surface area contributed by atoms with Crippen molar-refractivity contribution in [3.63, 3.8) is 0 Å². The molecular weight excluding hydrogens is 284 g/mol. The van der Waals surface area contributed by atoms with E-state index >= 15 is 0 Å². The van der Waals surface area contributed by atoms with E-state index in [1.807, 2.05) is 11.3 Å². The van der Waals surface area contributed by atoms with E-state index in [1.165, 1.54) is 35.6 Å². The highest BCUT2D eigenvalue weighted by Gasteiger charge is 2.53. The Morgan fingerprint density at radius 2 is 2.20 bits per heavy atom. The van der Waals surface area contributed by atoms with Gasteiger partial charge in [-0.2, -0.15) is 11.8 Å². The van der Waals surface area contributed by atoms with Crippen molar-refractivity contribution >= 4 is 23.1 Å². The van der Waals surface area contributed by atoms with Crippen molar-refractivity contribution in [2.75, 3.05) is 18.1 Å². The van der Waals surface area contributed by atoms with E-state index in [4.69, 9.17) is 5.73 Å². The summed E-state index contributed by atoms with van der Waals surface area (Å²) in [7, 11) is 0. The molecule has 0 radical (unpaired) electrons. The molecule has 1 aromatic heterocycles. The first kappa shape index (κ1) is 14.9. The van der Waals surface area contributed by atoms with Gasteiger partial charge in [-0.15, -0.1) is 11.3 Å². The van der Waals surface area contributed by atoms with E-state index in [0.29, 0.717) is 5.41 Å². The molecule has 1 aliphatic carbocycles.